The first-order valence-corrected chi connectivity index (χ1v) is 7.34. The second-order valence-electron chi connectivity index (χ2n) is 5.16. The van der Waals surface area contributed by atoms with Crippen LogP contribution in [-0.2, 0) is 30.6 Å². The van der Waals surface area contributed by atoms with Crippen molar-refractivity contribution in [2.24, 2.45) is 0 Å². The second kappa shape index (κ2) is 7.55. The molecule has 0 bridgehead atoms. The maximum absolute atomic E-state index is 12.2. The molecule has 4 heteroatoms. The maximum atomic E-state index is 12.2. The van der Waals surface area contributed by atoms with Crippen LogP contribution in [0.5, 0.6) is 11.5 Å². The van der Waals surface area contributed by atoms with Crippen molar-refractivity contribution < 1.29 is 33.7 Å². The fourth-order valence-electron chi connectivity index (χ4n) is 2.48. The number of carbonyl (C=O) groups is 1. The topological polar surface area (TPSA) is 35.5 Å². The van der Waals surface area contributed by atoms with Crippen molar-refractivity contribution >= 4 is 5.97 Å². The summed E-state index contributed by atoms with van der Waals surface area (Å²) in [4.78, 5) is 12.2. The summed E-state index contributed by atoms with van der Waals surface area (Å²) in [5.41, 5.74) is 2.62. The van der Waals surface area contributed by atoms with Gasteiger partial charge in [-0.3, -0.25) is 0 Å². The Labute approximate surface area is 143 Å². The molecule has 0 aromatic heterocycles. The summed E-state index contributed by atoms with van der Waals surface area (Å²) in [7, 11) is 0. The molecule has 0 saturated heterocycles. The van der Waals surface area contributed by atoms with Crippen LogP contribution >= 0.6 is 0 Å². The second-order valence-corrected chi connectivity index (χ2v) is 5.16. The van der Waals surface area contributed by atoms with E-state index in [-0.39, 0.29) is 25.4 Å². The van der Waals surface area contributed by atoms with E-state index < -0.39 is 0 Å². The van der Waals surface area contributed by atoms with Crippen LogP contribution in [0.25, 0.3) is 0 Å². The predicted octanol–water partition coefficient (Wildman–Crippen LogP) is 4.34. The largest absolute Gasteiger partial charge is 0.462 e. The zero-order chi connectivity index (χ0) is 14.7. The molecule has 0 saturated carbocycles. The summed E-state index contributed by atoms with van der Waals surface area (Å²) < 4.78 is 11.2. The Morgan fingerprint density at radius 3 is 2.73 bits per heavy atom. The van der Waals surface area contributed by atoms with Crippen molar-refractivity contribution in [2.45, 2.75) is 26.2 Å². The van der Waals surface area contributed by atoms with E-state index in [0.29, 0.717) is 18.6 Å². The summed E-state index contributed by atoms with van der Waals surface area (Å²) in [6.45, 7) is 2.54. The number of carbonyl (C=O) groups excluding carboxylic acids is 1. The number of para-hydroxylation sites is 1. The van der Waals surface area contributed by atoms with E-state index in [1.165, 1.54) is 0 Å². The molecule has 3 nitrogen and oxygen atoms in total. The molecule has 0 aliphatic carbocycles. The number of hydrogen-bond acceptors (Lipinski definition) is 3. The van der Waals surface area contributed by atoms with Gasteiger partial charge in [-0.25, -0.2) is 4.79 Å². The number of hydrogen-bond donors (Lipinski definition) is 0. The number of fused-ring (bicyclic) bond motifs is 2. The van der Waals surface area contributed by atoms with Crippen molar-refractivity contribution in [2.75, 3.05) is 6.61 Å². The van der Waals surface area contributed by atoms with Gasteiger partial charge in [-0.2, -0.15) is 0 Å². The Balaban J connectivity index is 0.00000176. The van der Waals surface area contributed by atoms with Gasteiger partial charge in [0.25, 0.3) is 0 Å². The number of benzene rings is 2. The van der Waals surface area contributed by atoms with Gasteiger partial charge in [-0.05, 0) is 30.2 Å². The SMILES string of the molecule is CCCCOC(=O)c1cccc2c1Cc1ccccc1O2.[Zn]. The Morgan fingerprint density at radius 2 is 1.91 bits per heavy atom. The van der Waals surface area contributed by atoms with Crippen LogP contribution in [0.2, 0.25) is 0 Å². The number of unbranched alkanes of at least 4 members (excludes halogenated alkanes) is 1. The molecular weight excluding hydrogens is 330 g/mol. The minimum Gasteiger partial charge on any atom is -0.462 e. The van der Waals surface area contributed by atoms with Gasteiger partial charge >= 0.3 is 5.97 Å². The van der Waals surface area contributed by atoms with Gasteiger partial charge in [0.1, 0.15) is 11.5 Å². The number of rotatable bonds is 4. The smallest absolute Gasteiger partial charge is 0.338 e. The van der Waals surface area contributed by atoms with Crippen molar-refractivity contribution in [3.63, 3.8) is 0 Å². The Morgan fingerprint density at radius 1 is 1.14 bits per heavy atom. The standard InChI is InChI=1S/C18H18O3.Zn/c1-2-3-11-20-18(19)14-8-6-10-17-15(14)12-13-7-4-5-9-16(13)21-17;/h4-10H,2-3,11-12H2,1H3;. The van der Waals surface area contributed by atoms with E-state index in [1.54, 1.807) is 0 Å². The minimum atomic E-state index is -0.261. The molecule has 0 spiro atoms. The third kappa shape index (κ3) is 3.39. The van der Waals surface area contributed by atoms with Crippen LogP contribution in [0.3, 0.4) is 0 Å². The van der Waals surface area contributed by atoms with Gasteiger partial charge in [-0.15, -0.1) is 0 Å². The van der Waals surface area contributed by atoms with Crippen LogP contribution < -0.4 is 4.74 Å². The van der Waals surface area contributed by atoms with Gasteiger partial charge in [0.15, 0.2) is 0 Å². The molecule has 1 aliphatic rings. The minimum absolute atomic E-state index is 0. The summed E-state index contributed by atoms with van der Waals surface area (Å²) in [5.74, 6) is 1.35. The first kappa shape index (κ1) is 16.7. The average Bonchev–Trinajstić information content (AvgIpc) is 2.52. The predicted molar refractivity (Wildman–Crippen MR) is 81.0 cm³/mol. The fraction of sp³-hybridized carbons (Fsp3) is 0.278. The molecule has 0 N–H and O–H groups in total. The Kier molecular flexibility index (Phi) is 5.73. The van der Waals surface area contributed by atoms with Crippen molar-refractivity contribution in [1.29, 1.82) is 0 Å². The first-order valence-electron chi connectivity index (χ1n) is 7.34. The van der Waals surface area contributed by atoms with Crippen LogP contribution in [0, 0.1) is 0 Å². The molecule has 1 aliphatic heterocycles. The zero-order valence-corrected chi connectivity index (χ0v) is 15.8. The van der Waals surface area contributed by atoms with Gasteiger partial charge in [0.2, 0.25) is 0 Å². The van der Waals surface area contributed by atoms with Crippen molar-refractivity contribution in [3.05, 3.63) is 59.2 Å². The third-order valence-electron chi connectivity index (χ3n) is 3.64. The van der Waals surface area contributed by atoms with E-state index in [1.807, 2.05) is 42.5 Å². The zero-order valence-electron chi connectivity index (χ0n) is 12.8. The monoisotopic (exact) mass is 346 g/mol. The molecule has 0 unspecified atom stereocenters. The van der Waals surface area contributed by atoms with E-state index in [2.05, 4.69) is 6.92 Å². The van der Waals surface area contributed by atoms with Crippen LogP contribution in [0.15, 0.2) is 42.5 Å². The fourth-order valence-corrected chi connectivity index (χ4v) is 2.48. The molecule has 0 amide bonds. The molecule has 0 fully saturated rings. The number of ether oxygens (including phenoxy) is 2. The molecule has 0 radical (unpaired) electrons. The summed E-state index contributed by atoms with van der Waals surface area (Å²) in [6, 6.07) is 13.5. The van der Waals surface area contributed by atoms with E-state index in [0.717, 1.165) is 35.5 Å². The molecule has 22 heavy (non-hydrogen) atoms. The summed E-state index contributed by atoms with van der Waals surface area (Å²) >= 11 is 0. The van der Waals surface area contributed by atoms with Crippen LogP contribution in [0.1, 0.15) is 41.3 Å². The molecule has 0 atom stereocenters. The van der Waals surface area contributed by atoms with Crippen LogP contribution in [-0.4, -0.2) is 12.6 Å². The van der Waals surface area contributed by atoms with E-state index in [4.69, 9.17) is 9.47 Å². The van der Waals surface area contributed by atoms with Gasteiger partial charge in [0, 0.05) is 31.5 Å². The van der Waals surface area contributed by atoms with Gasteiger partial charge < -0.3 is 9.47 Å². The van der Waals surface area contributed by atoms with E-state index in [9.17, 15) is 4.79 Å². The Bertz CT molecular complexity index is 667. The quantitative estimate of drug-likeness (QED) is 0.400. The van der Waals surface area contributed by atoms with Gasteiger partial charge in [-0.1, -0.05) is 37.6 Å². The molecule has 2 aromatic carbocycles. The van der Waals surface area contributed by atoms with E-state index >= 15 is 0 Å². The summed E-state index contributed by atoms with van der Waals surface area (Å²) in [6.07, 6.45) is 2.60. The third-order valence-corrected chi connectivity index (χ3v) is 3.64. The normalized spacial score (nSPS) is 11.5. The van der Waals surface area contributed by atoms with Gasteiger partial charge in [0.05, 0.1) is 12.2 Å². The van der Waals surface area contributed by atoms with Crippen molar-refractivity contribution in [3.8, 4) is 11.5 Å². The van der Waals surface area contributed by atoms with Crippen LogP contribution in [0.4, 0.5) is 0 Å². The first-order chi connectivity index (χ1) is 10.3. The maximum Gasteiger partial charge on any atom is 0.338 e. The Hall–Kier alpha value is -1.67. The molecule has 2 aromatic rings. The average molecular weight is 348 g/mol. The molecule has 110 valence electrons. The molecular formula is C18H18O3Zn. The molecule has 3 rings (SSSR count). The summed E-state index contributed by atoms with van der Waals surface area (Å²) in [5, 5.41) is 0. The van der Waals surface area contributed by atoms with Crippen molar-refractivity contribution in [1.82, 2.24) is 0 Å². The molecule has 1 heterocycles. The number of esters is 1.